The summed E-state index contributed by atoms with van der Waals surface area (Å²) in [5, 5.41) is 0. The lowest BCUT2D eigenvalue weighted by Crippen LogP contribution is -2.09. The summed E-state index contributed by atoms with van der Waals surface area (Å²) in [6.45, 7) is 1.94. The van der Waals surface area contributed by atoms with Gasteiger partial charge in [0, 0.05) is 11.6 Å². The van der Waals surface area contributed by atoms with Gasteiger partial charge in [0.2, 0.25) is 0 Å². The van der Waals surface area contributed by atoms with Crippen LogP contribution in [0.2, 0.25) is 0 Å². The Morgan fingerprint density at radius 1 is 1.38 bits per heavy atom. The Morgan fingerprint density at radius 2 is 2.08 bits per heavy atom. The summed E-state index contributed by atoms with van der Waals surface area (Å²) in [6, 6.07) is 7.93. The summed E-state index contributed by atoms with van der Waals surface area (Å²) in [6.07, 6.45) is 3.92. The van der Waals surface area contributed by atoms with Gasteiger partial charge in [0.15, 0.2) is 0 Å². The molecule has 1 rings (SSSR count). The largest absolute Gasteiger partial charge is 0.496 e. The zero-order valence-electron chi connectivity index (χ0n) is 8.03. The Hall–Kier alpha value is -1.28. The molecule has 0 fully saturated rings. The van der Waals surface area contributed by atoms with E-state index >= 15 is 0 Å². The highest BCUT2D eigenvalue weighted by Crippen LogP contribution is 2.18. The lowest BCUT2D eigenvalue weighted by atomic mass is 10.1. The highest BCUT2D eigenvalue weighted by Gasteiger charge is 1.96. The van der Waals surface area contributed by atoms with E-state index in [-0.39, 0.29) is 6.04 Å². The predicted molar refractivity (Wildman–Crippen MR) is 55.7 cm³/mol. The van der Waals surface area contributed by atoms with E-state index in [0.29, 0.717) is 0 Å². The normalized spacial score (nSPS) is 13.2. The van der Waals surface area contributed by atoms with Crippen LogP contribution in [0.1, 0.15) is 12.5 Å². The van der Waals surface area contributed by atoms with Gasteiger partial charge in [-0.05, 0) is 13.0 Å². The van der Waals surface area contributed by atoms with Crippen LogP contribution in [0.15, 0.2) is 30.3 Å². The number of benzene rings is 1. The van der Waals surface area contributed by atoms with Crippen molar-refractivity contribution >= 4 is 6.08 Å². The number of para-hydroxylation sites is 1. The molecule has 13 heavy (non-hydrogen) atoms. The molecule has 0 saturated heterocycles. The van der Waals surface area contributed by atoms with Crippen LogP contribution in [-0.2, 0) is 0 Å². The Labute approximate surface area is 79.0 Å². The van der Waals surface area contributed by atoms with Crippen molar-refractivity contribution in [2.45, 2.75) is 13.0 Å². The molecule has 0 aliphatic heterocycles. The predicted octanol–water partition coefficient (Wildman–Crippen LogP) is 2.06. The summed E-state index contributed by atoms with van der Waals surface area (Å²) in [5.41, 5.74) is 6.66. The third-order valence-electron chi connectivity index (χ3n) is 1.72. The van der Waals surface area contributed by atoms with Crippen LogP contribution < -0.4 is 10.5 Å². The van der Waals surface area contributed by atoms with Crippen LogP contribution in [0.3, 0.4) is 0 Å². The number of nitrogens with two attached hydrogens (primary N) is 1. The van der Waals surface area contributed by atoms with E-state index in [0.717, 1.165) is 11.3 Å². The van der Waals surface area contributed by atoms with Gasteiger partial charge in [-0.2, -0.15) is 0 Å². The SMILES string of the molecule is COc1ccccc1/C=C/C(C)N. The molecule has 1 unspecified atom stereocenters. The second-order valence-electron chi connectivity index (χ2n) is 2.96. The van der Waals surface area contributed by atoms with Crippen molar-refractivity contribution in [3.63, 3.8) is 0 Å². The molecule has 0 aromatic heterocycles. The first-order valence-corrected chi connectivity index (χ1v) is 4.31. The minimum absolute atomic E-state index is 0.0740. The van der Waals surface area contributed by atoms with E-state index in [1.165, 1.54) is 0 Å². The monoisotopic (exact) mass is 177 g/mol. The van der Waals surface area contributed by atoms with Gasteiger partial charge in [-0.25, -0.2) is 0 Å². The third kappa shape index (κ3) is 2.92. The molecular weight excluding hydrogens is 162 g/mol. The molecule has 2 nitrogen and oxygen atoms in total. The van der Waals surface area contributed by atoms with Crippen molar-refractivity contribution in [3.05, 3.63) is 35.9 Å². The topological polar surface area (TPSA) is 35.2 Å². The molecule has 0 aliphatic rings. The number of hydrogen-bond acceptors (Lipinski definition) is 2. The lowest BCUT2D eigenvalue weighted by molar-refractivity contribution is 0.414. The highest BCUT2D eigenvalue weighted by atomic mass is 16.5. The summed E-state index contributed by atoms with van der Waals surface area (Å²) in [7, 11) is 1.67. The lowest BCUT2D eigenvalue weighted by Gasteiger charge is -2.03. The van der Waals surface area contributed by atoms with Gasteiger partial charge in [-0.3, -0.25) is 0 Å². The number of methoxy groups -OCH3 is 1. The standard InChI is InChI=1S/C11H15NO/c1-9(12)7-8-10-5-3-4-6-11(10)13-2/h3-9H,12H2,1-2H3/b8-7+. The molecule has 0 radical (unpaired) electrons. The molecule has 0 heterocycles. The van der Waals surface area contributed by atoms with Crippen LogP contribution >= 0.6 is 0 Å². The molecule has 0 aliphatic carbocycles. The van der Waals surface area contributed by atoms with E-state index in [9.17, 15) is 0 Å². The van der Waals surface area contributed by atoms with Gasteiger partial charge in [0.25, 0.3) is 0 Å². The van der Waals surface area contributed by atoms with Gasteiger partial charge in [0.05, 0.1) is 7.11 Å². The summed E-state index contributed by atoms with van der Waals surface area (Å²) in [4.78, 5) is 0. The molecule has 0 spiro atoms. The van der Waals surface area contributed by atoms with Crippen LogP contribution in [0.4, 0.5) is 0 Å². The van der Waals surface area contributed by atoms with Crippen molar-refractivity contribution in [2.24, 2.45) is 5.73 Å². The number of rotatable bonds is 3. The average molecular weight is 177 g/mol. The van der Waals surface area contributed by atoms with Crippen molar-refractivity contribution in [2.75, 3.05) is 7.11 Å². The minimum Gasteiger partial charge on any atom is -0.496 e. The Balaban J connectivity index is 2.87. The Bertz CT molecular complexity index is 292. The van der Waals surface area contributed by atoms with Crippen LogP contribution in [0, 0.1) is 0 Å². The molecule has 2 N–H and O–H groups in total. The fraction of sp³-hybridized carbons (Fsp3) is 0.273. The zero-order valence-corrected chi connectivity index (χ0v) is 8.03. The van der Waals surface area contributed by atoms with E-state index < -0.39 is 0 Å². The number of ether oxygens (including phenoxy) is 1. The van der Waals surface area contributed by atoms with Crippen molar-refractivity contribution in [3.8, 4) is 5.75 Å². The Kier molecular flexibility index (Phi) is 3.53. The molecular formula is C11H15NO. The summed E-state index contributed by atoms with van der Waals surface area (Å²) in [5.74, 6) is 0.874. The third-order valence-corrected chi connectivity index (χ3v) is 1.72. The molecule has 70 valence electrons. The fourth-order valence-corrected chi connectivity index (χ4v) is 1.06. The van der Waals surface area contributed by atoms with Crippen molar-refractivity contribution in [1.82, 2.24) is 0 Å². The first-order chi connectivity index (χ1) is 6.24. The van der Waals surface area contributed by atoms with E-state index in [4.69, 9.17) is 10.5 Å². The van der Waals surface area contributed by atoms with Gasteiger partial charge >= 0.3 is 0 Å². The molecule has 2 heteroatoms. The fourth-order valence-electron chi connectivity index (χ4n) is 1.06. The van der Waals surface area contributed by atoms with Crippen LogP contribution in [0.5, 0.6) is 5.75 Å². The van der Waals surface area contributed by atoms with Gasteiger partial charge in [0.1, 0.15) is 5.75 Å². The second kappa shape index (κ2) is 4.67. The van der Waals surface area contributed by atoms with Gasteiger partial charge in [-0.15, -0.1) is 0 Å². The van der Waals surface area contributed by atoms with Crippen LogP contribution in [0.25, 0.3) is 6.08 Å². The van der Waals surface area contributed by atoms with E-state index in [1.54, 1.807) is 7.11 Å². The number of hydrogen-bond donors (Lipinski definition) is 1. The van der Waals surface area contributed by atoms with E-state index in [2.05, 4.69) is 0 Å². The quantitative estimate of drug-likeness (QED) is 0.767. The van der Waals surface area contributed by atoms with Gasteiger partial charge in [-0.1, -0.05) is 30.4 Å². The molecule has 1 aromatic rings. The molecule has 1 atom stereocenters. The van der Waals surface area contributed by atoms with Crippen molar-refractivity contribution in [1.29, 1.82) is 0 Å². The first-order valence-electron chi connectivity index (χ1n) is 4.31. The maximum atomic E-state index is 5.60. The van der Waals surface area contributed by atoms with E-state index in [1.807, 2.05) is 43.3 Å². The Morgan fingerprint density at radius 3 is 2.69 bits per heavy atom. The smallest absolute Gasteiger partial charge is 0.126 e. The second-order valence-corrected chi connectivity index (χ2v) is 2.96. The first kappa shape index (κ1) is 9.81. The molecule has 0 amide bonds. The minimum atomic E-state index is 0.0740. The zero-order chi connectivity index (χ0) is 9.68. The van der Waals surface area contributed by atoms with Crippen LogP contribution in [-0.4, -0.2) is 13.2 Å². The summed E-state index contributed by atoms with van der Waals surface area (Å²) >= 11 is 0. The highest BCUT2D eigenvalue weighted by molar-refractivity contribution is 5.57. The summed E-state index contributed by atoms with van der Waals surface area (Å²) < 4.78 is 5.19. The maximum absolute atomic E-state index is 5.60. The molecule has 1 aromatic carbocycles. The average Bonchev–Trinajstić information content (AvgIpc) is 2.15. The molecule has 0 bridgehead atoms. The molecule has 0 saturated carbocycles. The van der Waals surface area contributed by atoms with Gasteiger partial charge < -0.3 is 10.5 Å². The van der Waals surface area contributed by atoms with Crippen molar-refractivity contribution < 1.29 is 4.74 Å². The maximum Gasteiger partial charge on any atom is 0.126 e.